The highest BCUT2D eigenvalue weighted by atomic mass is 16.6. The van der Waals surface area contributed by atoms with E-state index in [1.807, 2.05) is 12.1 Å². The molecule has 2 aromatic rings. The van der Waals surface area contributed by atoms with Crippen molar-refractivity contribution in [3.8, 4) is 11.1 Å². The Morgan fingerprint density at radius 1 is 0.927 bits per heavy atom. The number of hydrogen-bond acceptors (Lipinski definition) is 7. The molecule has 0 bridgehead atoms. The number of carbonyl (C=O) groups excluding carboxylic acids is 3. The van der Waals surface area contributed by atoms with E-state index in [1.165, 1.54) is 22.3 Å². The van der Waals surface area contributed by atoms with E-state index in [0.717, 1.165) is 0 Å². The Morgan fingerprint density at radius 3 is 2.10 bits per heavy atom. The lowest BCUT2D eigenvalue weighted by molar-refractivity contribution is -0.135. The summed E-state index contributed by atoms with van der Waals surface area (Å²) in [7, 11) is 0. The lowest BCUT2D eigenvalue weighted by Crippen LogP contribution is -2.56. The van der Waals surface area contributed by atoms with Gasteiger partial charge in [0.1, 0.15) is 5.60 Å². The molecule has 1 atom stereocenters. The molecule has 1 aliphatic carbocycles. The number of nitrogens with one attached hydrogen (secondary N) is 2. The summed E-state index contributed by atoms with van der Waals surface area (Å²) in [6, 6.07) is 16.2. The van der Waals surface area contributed by atoms with Crippen molar-refractivity contribution in [2.75, 3.05) is 52.7 Å². The van der Waals surface area contributed by atoms with Gasteiger partial charge in [-0.2, -0.15) is 0 Å². The van der Waals surface area contributed by atoms with Crippen LogP contribution in [0.1, 0.15) is 51.2 Å². The average Bonchev–Trinajstić information content (AvgIpc) is 3.27. The van der Waals surface area contributed by atoms with Crippen LogP contribution in [0.5, 0.6) is 0 Å². The molecule has 1 heterocycles. The van der Waals surface area contributed by atoms with E-state index in [9.17, 15) is 14.4 Å². The molecule has 2 aliphatic rings. The fraction of sp³-hybridized carbons (Fsp3) is 0.516. The van der Waals surface area contributed by atoms with Gasteiger partial charge in [-0.3, -0.25) is 10.1 Å². The van der Waals surface area contributed by atoms with Crippen molar-refractivity contribution in [3.63, 3.8) is 0 Å². The number of carbonyl (C=O) groups is 3. The molecule has 4 rings (SSSR count). The Labute approximate surface area is 242 Å². The lowest BCUT2D eigenvalue weighted by Gasteiger charge is -2.36. The van der Waals surface area contributed by atoms with Crippen molar-refractivity contribution in [2.45, 2.75) is 51.7 Å². The fourth-order valence-electron chi connectivity index (χ4n) is 5.27. The second-order valence-corrected chi connectivity index (χ2v) is 11.2. The highest BCUT2D eigenvalue weighted by molar-refractivity contribution is 5.82. The van der Waals surface area contributed by atoms with Gasteiger partial charge in [-0.1, -0.05) is 48.5 Å². The van der Waals surface area contributed by atoms with Gasteiger partial charge >= 0.3 is 12.2 Å². The van der Waals surface area contributed by atoms with Gasteiger partial charge in [0.2, 0.25) is 5.91 Å². The summed E-state index contributed by atoms with van der Waals surface area (Å²) in [6.07, 6.45) is -0.532. The number of ether oxygens (including phenoxy) is 3. The van der Waals surface area contributed by atoms with Crippen molar-refractivity contribution in [2.24, 2.45) is 0 Å². The first kappa shape index (κ1) is 30.3. The summed E-state index contributed by atoms with van der Waals surface area (Å²) in [4.78, 5) is 41.1. The van der Waals surface area contributed by atoms with Crippen LogP contribution in [0, 0.1) is 0 Å². The monoisotopic (exact) mass is 566 g/mol. The maximum Gasteiger partial charge on any atom is 0.409 e. The largest absolute Gasteiger partial charge is 0.450 e. The second-order valence-electron chi connectivity index (χ2n) is 11.2. The summed E-state index contributed by atoms with van der Waals surface area (Å²) in [6.45, 7) is 10.0. The summed E-state index contributed by atoms with van der Waals surface area (Å²) in [5.41, 5.74) is 4.33. The minimum absolute atomic E-state index is 0.0975. The van der Waals surface area contributed by atoms with Crippen molar-refractivity contribution in [3.05, 3.63) is 59.7 Å². The predicted octanol–water partition coefficient (Wildman–Crippen LogP) is 3.95. The maximum absolute atomic E-state index is 13.5. The Kier molecular flexibility index (Phi) is 10.2. The SMILES string of the molecule is CCOC(=O)N1CCN(C(=O)[C@H](CCNC(=O)OC(C)(C)C)NCOCC2c3ccccc3-c3ccccc32)CC1. The molecule has 0 saturated carbocycles. The summed E-state index contributed by atoms with van der Waals surface area (Å²) in [5.74, 6) is 0.0165. The molecule has 0 spiro atoms. The van der Waals surface area contributed by atoms with Gasteiger partial charge in [-0.15, -0.1) is 0 Å². The van der Waals surface area contributed by atoms with E-state index in [4.69, 9.17) is 14.2 Å². The van der Waals surface area contributed by atoms with E-state index >= 15 is 0 Å². The van der Waals surface area contributed by atoms with Gasteiger partial charge in [-0.05, 0) is 56.4 Å². The van der Waals surface area contributed by atoms with Gasteiger partial charge in [0.05, 0.1) is 26.0 Å². The van der Waals surface area contributed by atoms with Crippen LogP contribution < -0.4 is 10.6 Å². The topological polar surface area (TPSA) is 109 Å². The van der Waals surface area contributed by atoms with Crippen LogP contribution in [0.3, 0.4) is 0 Å². The smallest absolute Gasteiger partial charge is 0.409 e. The quantitative estimate of drug-likeness (QED) is 0.331. The molecule has 10 nitrogen and oxygen atoms in total. The standard InChI is InChI=1S/C31H42N4O6/c1-5-40-30(38)35-18-16-34(17-19-35)28(36)27(14-15-32-29(37)41-31(2,3)4)33-21-39-20-26-24-12-8-6-10-22(24)23-11-7-9-13-25(23)26/h6-13,26-27,33H,5,14-21H2,1-4H3,(H,32,37)/t27-/m0/s1. The number of piperazine rings is 1. The van der Waals surface area contributed by atoms with Gasteiger partial charge < -0.3 is 29.3 Å². The average molecular weight is 567 g/mol. The van der Waals surface area contributed by atoms with Gasteiger partial charge in [-0.25, -0.2) is 9.59 Å². The molecule has 3 amide bonds. The molecule has 2 aromatic carbocycles. The Bertz CT molecular complexity index is 1160. The first-order valence-corrected chi connectivity index (χ1v) is 14.3. The van der Waals surface area contributed by atoms with Crippen LogP contribution in [0.15, 0.2) is 48.5 Å². The molecule has 1 saturated heterocycles. The zero-order chi connectivity index (χ0) is 29.4. The van der Waals surface area contributed by atoms with Crippen molar-refractivity contribution >= 4 is 18.1 Å². The number of amides is 3. The maximum atomic E-state index is 13.5. The van der Waals surface area contributed by atoms with Crippen LogP contribution in [0.4, 0.5) is 9.59 Å². The second kappa shape index (κ2) is 13.8. The zero-order valence-corrected chi connectivity index (χ0v) is 24.5. The molecule has 0 aromatic heterocycles. The summed E-state index contributed by atoms with van der Waals surface area (Å²) in [5, 5.41) is 5.99. The number of fused-ring (bicyclic) bond motifs is 3. The molecule has 1 aliphatic heterocycles. The Morgan fingerprint density at radius 2 is 1.51 bits per heavy atom. The Balaban J connectivity index is 1.34. The molecule has 10 heteroatoms. The van der Waals surface area contributed by atoms with E-state index in [2.05, 4.69) is 47.0 Å². The first-order chi connectivity index (χ1) is 19.7. The number of hydrogen-bond donors (Lipinski definition) is 2. The van der Waals surface area contributed by atoms with Crippen LogP contribution in [0.25, 0.3) is 11.1 Å². The molecular formula is C31H42N4O6. The molecule has 41 heavy (non-hydrogen) atoms. The molecular weight excluding hydrogens is 524 g/mol. The van der Waals surface area contributed by atoms with Crippen LogP contribution in [0.2, 0.25) is 0 Å². The van der Waals surface area contributed by atoms with Crippen LogP contribution in [-0.2, 0) is 19.0 Å². The molecule has 222 valence electrons. The van der Waals surface area contributed by atoms with Gasteiger partial charge in [0, 0.05) is 38.6 Å². The highest BCUT2D eigenvalue weighted by Crippen LogP contribution is 2.44. The van der Waals surface area contributed by atoms with E-state index in [0.29, 0.717) is 45.8 Å². The molecule has 1 fully saturated rings. The zero-order valence-electron chi connectivity index (χ0n) is 24.5. The minimum Gasteiger partial charge on any atom is -0.450 e. The van der Waals surface area contributed by atoms with Crippen LogP contribution in [-0.4, -0.2) is 92.2 Å². The van der Waals surface area contributed by atoms with E-state index in [-0.39, 0.29) is 31.2 Å². The number of nitrogens with zero attached hydrogens (tertiary/aromatic N) is 2. The molecule has 2 N–H and O–H groups in total. The predicted molar refractivity (Wildman–Crippen MR) is 155 cm³/mol. The van der Waals surface area contributed by atoms with Crippen molar-refractivity contribution in [1.29, 1.82) is 0 Å². The van der Waals surface area contributed by atoms with Crippen LogP contribution >= 0.6 is 0 Å². The fourth-order valence-corrected chi connectivity index (χ4v) is 5.27. The molecule has 0 radical (unpaired) electrons. The molecule has 0 unspecified atom stereocenters. The van der Waals surface area contributed by atoms with Crippen molar-refractivity contribution in [1.82, 2.24) is 20.4 Å². The van der Waals surface area contributed by atoms with Gasteiger partial charge in [0.15, 0.2) is 0 Å². The summed E-state index contributed by atoms with van der Waals surface area (Å²) < 4.78 is 16.5. The minimum atomic E-state index is -0.610. The van der Waals surface area contributed by atoms with Gasteiger partial charge in [0.25, 0.3) is 0 Å². The van der Waals surface area contributed by atoms with E-state index < -0.39 is 17.7 Å². The van der Waals surface area contributed by atoms with Crippen molar-refractivity contribution < 1.29 is 28.6 Å². The third kappa shape index (κ3) is 7.98. The third-order valence-electron chi connectivity index (χ3n) is 7.20. The number of benzene rings is 2. The summed E-state index contributed by atoms with van der Waals surface area (Å²) >= 11 is 0. The number of alkyl carbamates (subject to hydrolysis) is 1. The van der Waals surface area contributed by atoms with E-state index in [1.54, 1.807) is 37.5 Å². The number of rotatable bonds is 10. The lowest BCUT2D eigenvalue weighted by atomic mass is 9.98. The normalized spacial score (nSPS) is 15.6. The third-order valence-corrected chi connectivity index (χ3v) is 7.20. The first-order valence-electron chi connectivity index (χ1n) is 14.3. The highest BCUT2D eigenvalue weighted by Gasteiger charge is 2.31. The Hall–Kier alpha value is -3.63.